The van der Waals surface area contributed by atoms with Gasteiger partial charge in [0.15, 0.2) is 11.0 Å². The Kier molecular flexibility index (Phi) is 7.55. The van der Waals surface area contributed by atoms with Crippen molar-refractivity contribution in [3.63, 3.8) is 0 Å². The molecule has 3 aromatic heterocycles. The van der Waals surface area contributed by atoms with E-state index in [0.29, 0.717) is 15.7 Å². The molecule has 0 spiro atoms. The van der Waals surface area contributed by atoms with Crippen LogP contribution in [0.4, 0.5) is 5.00 Å². The Morgan fingerprint density at radius 1 is 1.29 bits per heavy atom. The number of anilines is 1. The molecule has 1 amide bonds. The summed E-state index contributed by atoms with van der Waals surface area (Å²) in [7, 11) is 1.34. The fraction of sp³-hybridized carbons (Fsp3) is 0.429. The van der Waals surface area contributed by atoms with E-state index in [9.17, 15) is 9.59 Å². The van der Waals surface area contributed by atoms with Crippen LogP contribution < -0.4 is 5.32 Å². The van der Waals surface area contributed by atoms with Crippen molar-refractivity contribution < 1.29 is 14.3 Å². The molecule has 1 N–H and O–H groups in total. The molecule has 166 valence electrons. The summed E-state index contributed by atoms with van der Waals surface area (Å²) in [6.45, 7) is 10.0. The minimum atomic E-state index is -0.448. The van der Waals surface area contributed by atoms with Gasteiger partial charge in [-0.2, -0.15) is 0 Å². The van der Waals surface area contributed by atoms with Crippen LogP contribution in [-0.2, 0) is 16.0 Å². The Bertz CT molecular complexity index is 1100. The van der Waals surface area contributed by atoms with Crippen LogP contribution >= 0.6 is 34.4 Å². The second kappa shape index (κ2) is 9.97. The van der Waals surface area contributed by atoms with Gasteiger partial charge >= 0.3 is 5.97 Å². The number of carbonyl (C=O) groups excluding carboxylic acids is 2. The summed E-state index contributed by atoms with van der Waals surface area (Å²) >= 11 is 4.42. The zero-order valence-electron chi connectivity index (χ0n) is 18.4. The maximum absolute atomic E-state index is 12.6. The molecular weight excluding hydrogens is 452 g/mol. The van der Waals surface area contributed by atoms with E-state index in [1.54, 1.807) is 11.3 Å². The second-order valence-electron chi connectivity index (χ2n) is 7.24. The number of nitrogens with one attached hydrogen (secondary N) is 1. The maximum atomic E-state index is 12.6. The summed E-state index contributed by atoms with van der Waals surface area (Å²) in [5.41, 5.74) is 2.29. The molecule has 0 saturated heterocycles. The number of hydrogen-bond donors (Lipinski definition) is 1. The number of esters is 1. The van der Waals surface area contributed by atoms with E-state index in [-0.39, 0.29) is 17.7 Å². The number of hydrogen-bond acceptors (Lipinski definition) is 8. The predicted octanol–water partition coefficient (Wildman–Crippen LogP) is 5.35. The van der Waals surface area contributed by atoms with Gasteiger partial charge in [-0.15, -0.1) is 32.9 Å². The molecule has 0 bridgehead atoms. The van der Waals surface area contributed by atoms with Crippen LogP contribution in [0.15, 0.2) is 16.6 Å². The molecule has 31 heavy (non-hydrogen) atoms. The molecule has 3 rings (SSSR count). The molecule has 0 aliphatic carbocycles. The third-order valence-corrected chi connectivity index (χ3v) is 7.95. The number of aryl methyl sites for hydroxylation is 2. The average Bonchev–Trinajstić information content (AvgIpc) is 3.43. The van der Waals surface area contributed by atoms with Gasteiger partial charge in [0, 0.05) is 26.7 Å². The number of thiophene rings is 2. The zero-order chi connectivity index (χ0) is 22.7. The third-order valence-electron chi connectivity index (χ3n) is 4.80. The van der Waals surface area contributed by atoms with Gasteiger partial charge in [-0.1, -0.05) is 18.7 Å². The lowest BCUT2D eigenvalue weighted by Crippen LogP contribution is -2.16. The first-order valence-electron chi connectivity index (χ1n) is 9.90. The second-order valence-corrected chi connectivity index (χ2v) is 10.4. The number of carbonyl (C=O) groups is 2. The first-order chi connectivity index (χ1) is 14.8. The Balaban J connectivity index is 1.75. The smallest absolute Gasteiger partial charge is 0.341 e. The highest BCUT2D eigenvalue weighted by Gasteiger charge is 2.23. The lowest BCUT2D eigenvalue weighted by Gasteiger charge is -2.13. The Morgan fingerprint density at radius 2 is 2.03 bits per heavy atom. The van der Waals surface area contributed by atoms with Gasteiger partial charge in [-0.25, -0.2) is 4.79 Å². The first kappa shape index (κ1) is 23.5. The van der Waals surface area contributed by atoms with Gasteiger partial charge in [0.1, 0.15) is 5.00 Å². The Morgan fingerprint density at radius 3 is 2.65 bits per heavy atom. The summed E-state index contributed by atoms with van der Waals surface area (Å²) < 4.78 is 6.92. The number of amides is 1. The number of nitrogens with zero attached hydrogens (tertiary/aromatic N) is 3. The molecule has 0 unspecified atom stereocenters. The average molecular weight is 479 g/mol. The summed E-state index contributed by atoms with van der Waals surface area (Å²) in [6, 6.07) is 2.29. The molecule has 0 radical (unpaired) electrons. The van der Waals surface area contributed by atoms with E-state index < -0.39 is 5.97 Å². The zero-order valence-corrected chi connectivity index (χ0v) is 20.9. The van der Waals surface area contributed by atoms with E-state index >= 15 is 0 Å². The lowest BCUT2D eigenvalue weighted by molar-refractivity contribution is -0.113. The molecular formula is C21H26N4O3S3. The fourth-order valence-electron chi connectivity index (χ4n) is 3.08. The number of rotatable bonds is 8. The van der Waals surface area contributed by atoms with Gasteiger partial charge in [0.05, 0.1) is 18.4 Å². The molecule has 0 aliphatic heterocycles. The monoisotopic (exact) mass is 478 g/mol. The van der Waals surface area contributed by atoms with Crippen molar-refractivity contribution in [3.8, 4) is 11.4 Å². The SMILES string of the molecule is CCc1cc(-c2nnc(SCC(=O)Nc3sc(C)c(C)c3C(=O)OC)n2C(C)C)cs1. The fourth-order valence-corrected chi connectivity index (χ4v) is 5.82. The van der Waals surface area contributed by atoms with Crippen LogP contribution in [0.2, 0.25) is 0 Å². The van der Waals surface area contributed by atoms with Gasteiger partial charge < -0.3 is 10.1 Å². The summed E-state index contributed by atoms with van der Waals surface area (Å²) in [5.74, 6) is 0.313. The van der Waals surface area contributed by atoms with Gasteiger partial charge in [0.25, 0.3) is 0 Å². The molecule has 3 heterocycles. The Hall–Kier alpha value is -2.17. The van der Waals surface area contributed by atoms with Crippen molar-refractivity contribution >= 4 is 51.3 Å². The van der Waals surface area contributed by atoms with Crippen LogP contribution in [0.1, 0.15) is 52.5 Å². The van der Waals surface area contributed by atoms with E-state index in [0.717, 1.165) is 28.2 Å². The minimum Gasteiger partial charge on any atom is -0.465 e. The largest absolute Gasteiger partial charge is 0.465 e. The highest BCUT2D eigenvalue weighted by atomic mass is 32.2. The molecule has 0 aliphatic rings. The standard InChI is InChI=1S/C21H26N4O3S3/c1-7-15-8-14(9-29-15)18-23-24-21(25(18)11(2)3)30-10-16(26)22-19-17(20(27)28-6)12(4)13(5)31-19/h8-9,11H,7,10H2,1-6H3,(H,22,26). The van der Waals surface area contributed by atoms with Gasteiger partial charge in [0.2, 0.25) is 5.91 Å². The van der Waals surface area contributed by atoms with Crippen LogP contribution in [0.25, 0.3) is 11.4 Å². The number of methoxy groups -OCH3 is 1. The third kappa shape index (κ3) is 5.02. The minimum absolute atomic E-state index is 0.147. The summed E-state index contributed by atoms with van der Waals surface area (Å²) in [6.07, 6.45) is 0.984. The van der Waals surface area contributed by atoms with Crippen molar-refractivity contribution in [2.45, 2.75) is 52.2 Å². The number of ether oxygens (including phenoxy) is 1. The maximum Gasteiger partial charge on any atom is 0.341 e. The highest BCUT2D eigenvalue weighted by Crippen LogP contribution is 2.34. The quantitative estimate of drug-likeness (QED) is 0.347. The predicted molar refractivity (Wildman–Crippen MR) is 128 cm³/mol. The molecule has 7 nitrogen and oxygen atoms in total. The van der Waals surface area contributed by atoms with Crippen LogP contribution in [0.5, 0.6) is 0 Å². The van der Waals surface area contributed by atoms with E-state index in [1.165, 1.54) is 35.1 Å². The van der Waals surface area contributed by atoms with Crippen molar-refractivity contribution in [2.75, 3.05) is 18.2 Å². The topological polar surface area (TPSA) is 86.1 Å². The molecule has 0 atom stereocenters. The number of thioether (sulfide) groups is 1. The first-order valence-corrected chi connectivity index (χ1v) is 12.6. The van der Waals surface area contributed by atoms with E-state index in [1.807, 2.05) is 13.8 Å². The van der Waals surface area contributed by atoms with Crippen molar-refractivity contribution in [3.05, 3.63) is 32.3 Å². The number of aromatic nitrogens is 3. The molecule has 10 heteroatoms. The molecule has 0 aromatic carbocycles. The van der Waals surface area contributed by atoms with Crippen LogP contribution in [-0.4, -0.2) is 39.5 Å². The molecule has 3 aromatic rings. The van der Waals surface area contributed by atoms with Crippen LogP contribution in [0.3, 0.4) is 0 Å². The van der Waals surface area contributed by atoms with Crippen molar-refractivity contribution in [1.29, 1.82) is 0 Å². The van der Waals surface area contributed by atoms with E-state index in [2.05, 4.69) is 52.3 Å². The summed E-state index contributed by atoms with van der Waals surface area (Å²) in [4.78, 5) is 27.0. The van der Waals surface area contributed by atoms with Gasteiger partial charge in [-0.05, 0) is 45.7 Å². The van der Waals surface area contributed by atoms with Crippen LogP contribution in [0, 0.1) is 13.8 Å². The molecule has 0 fully saturated rings. The molecule has 0 saturated carbocycles. The van der Waals surface area contributed by atoms with E-state index in [4.69, 9.17) is 4.74 Å². The van der Waals surface area contributed by atoms with Gasteiger partial charge in [-0.3, -0.25) is 9.36 Å². The van der Waals surface area contributed by atoms with Crippen molar-refractivity contribution in [2.24, 2.45) is 0 Å². The lowest BCUT2D eigenvalue weighted by atomic mass is 10.1. The summed E-state index contributed by atoms with van der Waals surface area (Å²) in [5, 5.41) is 14.9. The van der Waals surface area contributed by atoms with Crippen molar-refractivity contribution in [1.82, 2.24) is 14.8 Å². The highest BCUT2D eigenvalue weighted by molar-refractivity contribution is 7.99. The normalized spacial score (nSPS) is 11.2. The Labute approximate surface area is 194 Å².